The lowest BCUT2D eigenvalue weighted by Crippen LogP contribution is -2.06. The van der Waals surface area contributed by atoms with Crippen LogP contribution in [0.15, 0.2) is 47.6 Å². The molecule has 29 heavy (non-hydrogen) atoms. The van der Waals surface area contributed by atoms with Crippen molar-refractivity contribution in [3.8, 4) is 0 Å². The van der Waals surface area contributed by atoms with Crippen LogP contribution in [0.5, 0.6) is 0 Å². The number of benzene rings is 2. The van der Waals surface area contributed by atoms with Crippen molar-refractivity contribution < 1.29 is 8.78 Å². The van der Waals surface area contributed by atoms with Gasteiger partial charge in [0.1, 0.15) is 11.6 Å². The van der Waals surface area contributed by atoms with Gasteiger partial charge in [-0.25, -0.2) is 18.3 Å². The summed E-state index contributed by atoms with van der Waals surface area (Å²) in [6.07, 6.45) is 0.511. The summed E-state index contributed by atoms with van der Waals surface area (Å²) in [6.45, 7) is 3.84. The molecule has 4 nitrogen and oxygen atoms in total. The molecule has 0 atom stereocenters. The topological polar surface area (TPSA) is 43.1 Å². The molecule has 0 bridgehead atoms. The Bertz CT molecular complexity index is 1210. The van der Waals surface area contributed by atoms with E-state index in [9.17, 15) is 8.78 Å². The number of hydrogen-bond acceptors (Lipinski definition) is 4. The molecule has 0 amide bonds. The monoisotopic (exact) mass is 430 g/mol. The normalized spacial score (nSPS) is 11.3. The van der Waals surface area contributed by atoms with Crippen molar-refractivity contribution >= 4 is 29.1 Å². The van der Waals surface area contributed by atoms with Crippen molar-refractivity contribution in [3.05, 3.63) is 87.2 Å². The first kappa shape index (κ1) is 19.8. The molecule has 4 aromatic rings. The number of hydrogen-bond donors (Lipinski definition) is 0. The number of fused-ring (bicyclic) bond motifs is 1. The van der Waals surface area contributed by atoms with Crippen LogP contribution in [0.1, 0.15) is 28.1 Å². The van der Waals surface area contributed by atoms with E-state index in [0.29, 0.717) is 33.7 Å². The molecular formula is C21H17ClF2N4S. The number of aromatic nitrogens is 4. The van der Waals surface area contributed by atoms with Gasteiger partial charge in [-0.3, -0.25) is 0 Å². The van der Waals surface area contributed by atoms with Crippen molar-refractivity contribution in [2.45, 2.75) is 31.2 Å². The van der Waals surface area contributed by atoms with Crippen LogP contribution in [0.25, 0.3) is 5.78 Å². The Labute approximate surface area is 176 Å². The van der Waals surface area contributed by atoms with E-state index >= 15 is 0 Å². The minimum Gasteiger partial charge on any atom is -0.216 e. The van der Waals surface area contributed by atoms with E-state index < -0.39 is 0 Å². The largest absolute Gasteiger partial charge is 0.253 e. The van der Waals surface area contributed by atoms with E-state index in [4.69, 9.17) is 11.6 Å². The van der Waals surface area contributed by atoms with Crippen LogP contribution in [0, 0.1) is 25.5 Å². The van der Waals surface area contributed by atoms with Crippen molar-refractivity contribution in [2.75, 3.05) is 0 Å². The Hall–Kier alpha value is -2.51. The SMILES string of the molecule is Cc1nc2nc(SCc3ccccc3F)nn2c(C)c1Cc1ccc(F)cc1Cl. The summed E-state index contributed by atoms with van der Waals surface area (Å²) in [7, 11) is 0. The van der Waals surface area contributed by atoms with Crippen molar-refractivity contribution in [1.82, 2.24) is 19.6 Å². The molecule has 0 aliphatic carbocycles. The number of thioether (sulfide) groups is 1. The third-order valence-corrected chi connectivity index (χ3v) is 5.96. The molecule has 2 heterocycles. The predicted octanol–water partition coefficient (Wildman–Crippen LogP) is 5.56. The Morgan fingerprint density at radius 1 is 1.03 bits per heavy atom. The summed E-state index contributed by atoms with van der Waals surface area (Å²) in [6, 6.07) is 11.0. The van der Waals surface area contributed by atoms with Crippen molar-refractivity contribution in [1.29, 1.82) is 0 Å². The fourth-order valence-corrected chi connectivity index (χ4v) is 4.16. The van der Waals surface area contributed by atoms with Gasteiger partial charge in [0.2, 0.25) is 5.16 Å². The third-order valence-electron chi connectivity index (χ3n) is 4.73. The fraction of sp³-hybridized carbons (Fsp3) is 0.190. The molecule has 8 heteroatoms. The smallest absolute Gasteiger partial charge is 0.216 e. The maximum atomic E-state index is 13.8. The molecule has 0 saturated heterocycles. The first-order valence-electron chi connectivity index (χ1n) is 8.95. The molecule has 2 aromatic heterocycles. The molecular weight excluding hydrogens is 414 g/mol. The lowest BCUT2D eigenvalue weighted by Gasteiger charge is -2.11. The van der Waals surface area contributed by atoms with Gasteiger partial charge in [0, 0.05) is 28.6 Å². The van der Waals surface area contributed by atoms with E-state index in [1.807, 2.05) is 13.8 Å². The molecule has 0 spiro atoms. The number of nitrogens with zero attached hydrogens (tertiary/aromatic N) is 4. The van der Waals surface area contributed by atoms with E-state index in [-0.39, 0.29) is 11.6 Å². The molecule has 4 rings (SSSR count). The van der Waals surface area contributed by atoms with Crippen LogP contribution in [-0.2, 0) is 12.2 Å². The van der Waals surface area contributed by atoms with E-state index in [0.717, 1.165) is 22.5 Å². The Morgan fingerprint density at radius 3 is 2.59 bits per heavy atom. The van der Waals surface area contributed by atoms with Crippen LogP contribution in [-0.4, -0.2) is 19.6 Å². The van der Waals surface area contributed by atoms with Gasteiger partial charge in [0.25, 0.3) is 5.78 Å². The molecule has 0 unspecified atom stereocenters. The van der Waals surface area contributed by atoms with Gasteiger partial charge in [-0.1, -0.05) is 47.6 Å². The molecule has 0 radical (unpaired) electrons. The summed E-state index contributed by atoms with van der Waals surface area (Å²) >= 11 is 7.55. The standard InChI is InChI=1S/C21H17ClF2N4S/c1-12-17(9-14-7-8-16(23)10-18(14)22)13(2)28-20(25-12)26-21(27-28)29-11-15-5-3-4-6-19(15)24/h3-8,10H,9,11H2,1-2H3. The molecule has 0 saturated carbocycles. The second-order valence-corrected chi connectivity index (χ2v) is 8.01. The van der Waals surface area contributed by atoms with Gasteiger partial charge in [-0.15, -0.1) is 5.10 Å². The molecule has 148 valence electrons. The summed E-state index contributed by atoms with van der Waals surface area (Å²) in [4.78, 5) is 9.02. The number of halogens is 3. The third kappa shape index (κ3) is 4.11. The molecule has 0 aliphatic rings. The van der Waals surface area contributed by atoms with E-state index in [1.165, 1.54) is 30.0 Å². The van der Waals surface area contributed by atoms with Gasteiger partial charge in [0.15, 0.2) is 0 Å². The van der Waals surface area contributed by atoms with Gasteiger partial charge < -0.3 is 0 Å². The van der Waals surface area contributed by atoms with Crippen LogP contribution < -0.4 is 0 Å². The summed E-state index contributed by atoms with van der Waals surface area (Å²) < 4.78 is 28.8. The zero-order valence-corrected chi connectivity index (χ0v) is 17.4. The highest BCUT2D eigenvalue weighted by Crippen LogP contribution is 2.26. The second kappa shape index (κ2) is 8.08. The van der Waals surface area contributed by atoms with Crippen LogP contribution >= 0.6 is 23.4 Å². The van der Waals surface area contributed by atoms with Gasteiger partial charge in [-0.2, -0.15) is 4.98 Å². The van der Waals surface area contributed by atoms with Crippen LogP contribution in [0.2, 0.25) is 5.02 Å². The molecule has 0 aliphatic heterocycles. The summed E-state index contributed by atoms with van der Waals surface area (Å²) in [5.74, 6) is 0.311. The Kier molecular flexibility index (Phi) is 5.52. The van der Waals surface area contributed by atoms with Gasteiger partial charge in [-0.05, 0) is 48.7 Å². The maximum Gasteiger partial charge on any atom is 0.253 e. The number of aryl methyl sites for hydroxylation is 2. The lowest BCUT2D eigenvalue weighted by molar-refractivity contribution is 0.617. The van der Waals surface area contributed by atoms with Gasteiger partial charge >= 0.3 is 0 Å². The number of rotatable bonds is 5. The highest BCUT2D eigenvalue weighted by Gasteiger charge is 2.16. The van der Waals surface area contributed by atoms with Crippen molar-refractivity contribution in [3.63, 3.8) is 0 Å². The summed E-state index contributed by atoms with van der Waals surface area (Å²) in [5.41, 5.74) is 4.08. The van der Waals surface area contributed by atoms with Crippen LogP contribution in [0.3, 0.4) is 0 Å². The highest BCUT2D eigenvalue weighted by molar-refractivity contribution is 7.98. The Morgan fingerprint density at radius 2 is 1.83 bits per heavy atom. The van der Waals surface area contributed by atoms with Crippen molar-refractivity contribution in [2.24, 2.45) is 0 Å². The minimum absolute atomic E-state index is 0.243. The van der Waals surface area contributed by atoms with E-state index in [2.05, 4.69) is 15.1 Å². The summed E-state index contributed by atoms with van der Waals surface area (Å²) in [5, 5.41) is 5.43. The average Bonchev–Trinajstić information content (AvgIpc) is 3.09. The Balaban J connectivity index is 1.63. The second-order valence-electron chi connectivity index (χ2n) is 6.66. The zero-order chi connectivity index (χ0) is 20.5. The van der Waals surface area contributed by atoms with Crippen LogP contribution in [0.4, 0.5) is 8.78 Å². The highest BCUT2D eigenvalue weighted by atomic mass is 35.5. The molecule has 0 N–H and O–H groups in total. The van der Waals surface area contributed by atoms with E-state index in [1.54, 1.807) is 28.8 Å². The first-order valence-corrected chi connectivity index (χ1v) is 10.3. The lowest BCUT2D eigenvalue weighted by atomic mass is 10.0. The molecule has 2 aromatic carbocycles. The fourth-order valence-electron chi connectivity index (χ4n) is 3.12. The average molecular weight is 431 g/mol. The van der Waals surface area contributed by atoms with Gasteiger partial charge in [0.05, 0.1) is 0 Å². The quantitative estimate of drug-likeness (QED) is 0.389. The predicted molar refractivity (Wildman–Crippen MR) is 110 cm³/mol. The minimum atomic E-state index is -0.367. The zero-order valence-electron chi connectivity index (χ0n) is 15.8. The maximum absolute atomic E-state index is 13.8. The molecule has 0 fully saturated rings. The first-order chi connectivity index (χ1) is 13.9.